The third kappa shape index (κ3) is 4.09. The van der Waals surface area contributed by atoms with Crippen LogP contribution in [0.3, 0.4) is 0 Å². The number of nitrogens with two attached hydrogens (primary N) is 1. The number of hydrogen-bond acceptors (Lipinski definition) is 6. The van der Waals surface area contributed by atoms with E-state index in [0.29, 0.717) is 41.1 Å². The normalized spacial score (nSPS) is 10.8. The van der Waals surface area contributed by atoms with Crippen LogP contribution in [0.5, 0.6) is 11.5 Å². The Kier molecular flexibility index (Phi) is 6.19. The Morgan fingerprint density at radius 3 is 2.52 bits per heavy atom. The van der Waals surface area contributed by atoms with E-state index in [0.717, 1.165) is 17.5 Å². The SMILES string of the molecule is CCCc1c(OC)ccc2cc(C(=O)Nc3ccc(CN)c(OC)c3)c(=O)oc12. The molecule has 0 bridgehead atoms. The molecule has 0 aliphatic heterocycles. The minimum Gasteiger partial charge on any atom is -0.496 e. The van der Waals surface area contributed by atoms with E-state index in [4.69, 9.17) is 19.6 Å². The first-order valence-corrected chi connectivity index (χ1v) is 9.34. The molecule has 0 atom stereocenters. The van der Waals surface area contributed by atoms with Gasteiger partial charge in [-0.3, -0.25) is 4.79 Å². The van der Waals surface area contributed by atoms with E-state index < -0.39 is 11.5 Å². The van der Waals surface area contributed by atoms with Crippen LogP contribution >= 0.6 is 0 Å². The van der Waals surface area contributed by atoms with Crippen LogP contribution in [-0.4, -0.2) is 20.1 Å². The zero-order chi connectivity index (χ0) is 21.0. The van der Waals surface area contributed by atoms with Gasteiger partial charge in [0.15, 0.2) is 0 Å². The Labute approximate surface area is 168 Å². The Morgan fingerprint density at radius 2 is 1.86 bits per heavy atom. The fourth-order valence-corrected chi connectivity index (χ4v) is 3.25. The average Bonchev–Trinajstić information content (AvgIpc) is 2.73. The lowest BCUT2D eigenvalue weighted by atomic mass is 10.0. The topological polar surface area (TPSA) is 104 Å². The van der Waals surface area contributed by atoms with Gasteiger partial charge in [-0.2, -0.15) is 0 Å². The molecule has 0 saturated heterocycles. The van der Waals surface area contributed by atoms with Crippen LogP contribution in [0.1, 0.15) is 34.8 Å². The van der Waals surface area contributed by atoms with Gasteiger partial charge in [0.05, 0.1) is 14.2 Å². The molecule has 3 aromatic rings. The first-order chi connectivity index (χ1) is 14.0. The van der Waals surface area contributed by atoms with Crippen LogP contribution < -0.4 is 26.1 Å². The van der Waals surface area contributed by atoms with Crippen molar-refractivity contribution in [3.8, 4) is 11.5 Å². The monoisotopic (exact) mass is 396 g/mol. The molecule has 0 saturated carbocycles. The molecular weight excluding hydrogens is 372 g/mol. The van der Waals surface area contributed by atoms with Crippen molar-refractivity contribution in [3.05, 3.63) is 63.5 Å². The van der Waals surface area contributed by atoms with Crippen molar-refractivity contribution < 1.29 is 18.7 Å². The number of fused-ring (bicyclic) bond motifs is 1. The fraction of sp³-hybridized carbons (Fsp3) is 0.273. The Bertz CT molecular complexity index is 1100. The number of benzene rings is 2. The summed E-state index contributed by atoms with van der Waals surface area (Å²) < 4.78 is 16.2. The smallest absolute Gasteiger partial charge is 0.349 e. The van der Waals surface area contributed by atoms with E-state index in [1.165, 1.54) is 7.11 Å². The molecule has 29 heavy (non-hydrogen) atoms. The van der Waals surface area contributed by atoms with Crippen LogP contribution in [-0.2, 0) is 13.0 Å². The van der Waals surface area contributed by atoms with E-state index in [2.05, 4.69) is 5.32 Å². The molecule has 2 aromatic carbocycles. The predicted molar refractivity (Wildman–Crippen MR) is 112 cm³/mol. The van der Waals surface area contributed by atoms with Crippen molar-refractivity contribution >= 4 is 22.6 Å². The van der Waals surface area contributed by atoms with Crippen LogP contribution in [0.25, 0.3) is 11.0 Å². The van der Waals surface area contributed by atoms with Crippen LogP contribution in [0.15, 0.2) is 45.6 Å². The van der Waals surface area contributed by atoms with Gasteiger partial charge in [-0.25, -0.2) is 4.79 Å². The van der Waals surface area contributed by atoms with Crippen molar-refractivity contribution in [2.75, 3.05) is 19.5 Å². The van der Waals surface area contributed by atoms with Gasteiger partial charge in [0.1, 0.15) is 22.6 Å². The molecule has 1 heterocycles. The molecule has 3 rings (SSSR count). The first-order valence-electron chi connectivity index (χ1n) is 9.34. The quantitative estimate of drug-likeness (QED) is 0.593. The molecule has 7 heteroatoms. The number of carbonyl (C=O) groups excluding carboxylic acids is 1. The third-order valence-electron chi connectivity index (χ3n) is 4.69. The summed E-state index contributed by atoms with van der Waals surface area (Å²) in [5.74, 6) is 0.662. The van der Waals surface area contributed by atoms with Gasteiger partial charge in [0.2, 0.25) is 0 Å². The van der Waals surface area contributed by atoms with Gasteiger partial charge >= 0.3 is 5.63 Å². The summed E-state index contributed by atoms with van der Waals surface area (Å²) in [6.45, 7) is 2.34. The lowest BCUT2D eigenvalue weighted by molar-refractivity contribution is 0.102. The number of hydrogen-bond donors (Lipinski definition) is 2. The molecule has 0 aliphatic carbocycles. The van der Waals surface area contributed by atoms with Gasteiger partial charge in [-0.05, 0) is 30.7 Å². The van der Waals surface area contributed by atoms with Crippen molar-refractivity contribution in [3.63, 3.8) is 0 Å². The number of carbonyl (C=O) groups is 1. The number of methoxy groups -OCH3 is 2. The minimum atomic E-state index is -0.703. The highest BCUT2D eigenvalue weighted by Gasteiger charge is 2.18. The first kappa shape index (κ1) is 20.4. The molecule has 7 nitrogen and oxygen atoms in total. The maximum Gasteiger partial charge on any atom is 0.349 e. The van der Waals surface area contributed by atoms with E-state index in [-0.39, 0.29) is 5.56 Å². The highest BCUT2D eigenvalue weighted by Crippen LogP contribution is 2.29. The standard InChI is InChI=1S/C22H24N2O5/c1-4-5-16-18(27-2)9-7-13-10-17(22(26)29-20(13)16)21(25)24-15-8-6-14(12-23)19(11-15)28-3/h6-11H,4-5,12,23H2,1-3H3,(H,24,25). The number of aryl methyl sites for hydroxylation is 1. The van der Waals surface area contributed by atoms with E-state index in [1.54, 1.807) is 37.4 Å². The summed E-state index contributed by atoms with van der Waals surface area (Å²) in [4.78, 5) is 25.2. The van der Waals surface area contributed by atoms with E-state index in [1.807, 2.05) is 13.0 Å². The molecule has 1 aromatic heterocycles. The second kappa shape index (κ2) is 8.79. The number of rotatable bonds is 7. The second-order valence-corrected chi connectivity index (χ2v) is 6.55. The summed E-state index contributed by atoms with van der Waals surface area (Å²) in [5.41, 5.74) is 7.45. The molecule has 3 N–H and O–H groups in total. The number of ether oxygens (including phenoxy) is 2. The van der Waals surface area contributed by atoms with Crippen molar-refractivity contribution in [2.45, 2.75) is 26.3 Å². The van der Waals surface area contributed by atoms with Crippen molar-refractivity contribution in [1.82, 2.24) is 0 Å². The molecule has 0 aliphatic rings. The lowest BCUT2D eigenvalue weighted by Gasteiger charge is -2.12. The molecule has 0 unspecified atom stereocenters. The van der Waals surface area contributed by atoms with Crippen molar-refractivity contribution in [2.24, 2.45) is 5.73 Å². The summed E-state index contributed by atoms with van der Waals surface area (Å²) in [6, 6.07) is 10.3. The van der Waals surface area contributed by atoms with Crippen LogP contribution in [0.4, 0.5) is 5.69 Å². The molecular formula is C22H24N2O5. The maximum atomic E-state index is 12.7. The maximum absolute atomic E-state index is 12.7. The minimum absolute atomic E-state index is 0.0769. The predicted octanol–water partition coefficient (Wildman–Crippen LogP) is 3.47. The molecule has 0 radical (unpaired) electrons. The second-order valence-electron chi connectivity index (χ2n) is 6.55. The molecule has 0 spiro atoms. The summed E-state index contributed by atoms with van der Waals surface area (Å²) in [5, 5.41) is 3.37. The van der Waals surface area contributed by atoms with Crippen LogP contribution in [0, 0.1) is 0 Å². The third-order valence-corrected chi connectivity index (χ3v) is 4.69. The Balaban J connectivity index is 1.98. The number of nitrogens with one attached hydrogen (secondary N) is 1. The van der Waals surface area contributed by atoms with E-state index in [9.17, 15) is 9.59 Å². The zero-order valence-electron chi connectivity index (χ0n) is 16.7. The summed E-state index contributed by atoms with van der Waals surface area (Å²) in [6.07, 6.45) is 1.56. The van der Waals surface area contributed by atoms with Gasteiger partial charge in [0, 0.05) is 34.8 Å². The molecule has 0 fully saturated rings. The number of amides is 1. The highest BCUT2D eigenvalue weighted by molar-refractivity contribution is 6.05. The molecule has 152 valence electrons. The summed E-state index contributed by atoms with van der Waals surface area (Å²) in [7, 11) is 3.10. The van der Waals surface area contributed by atoms with Crippen molar-refractivity contribution in [1.29, 1.82) is 0 Å². The van der Waals surface area contributed by atoms with Gasteiger partial charge in [-0.15, -0.1) is 0 Å². The average molecular weight is 396 g/mol. The van der Waals surface area contributed by atoms with Gasteiger partial charge < -0.3 is 24.9 Å². The molecule has 1 amide bonds. The Morgan fingerprint density at radius 1 is 1.10 bits per heavy atom. The lowest BCUT2D eigenvalue weighted by Crippen LogP contribution is -2.21. The highest BCUT2D eigenvalue weighted by atomic mass is 16.5. The number of anilines is 1. The fourth-order valence-electron chi connectivity index (χ4n) is 3.25. The van der Waals surface area contributed by atoms with E-state index >= 15 is 0 Å². The Hall–Kier alpha value is -3.32. The zero-order valence-corrected chi connectivity index (χ0v) is 16.7. The summed E-state index contributed by atoms with van der Waals surface area (Å²) >= 11 is 0. The largest absolute Gasteiger partial charge is 0.496 e. The van der Waals surface area contributed by atoms with Gasteiger partial charge in [0.25, 0.3) is 5.91 Å². The van der Waals surface area contributed by atoms with Crippen LogP contribution in [0.2, 0.25) is 0 Å². The van der Waals surface area contributed by atoms with Gasteiger partial charge in [-0.1, -0.05) is 19.4 Å².